The molecule has 0 unspecified atom stereocenters. The number of benzene rings is 2. The smallest absolute Gasteiger partial charge is 0.233 e. The third kappa shape index (κ3) is 4.94. The Morgan fingerprint density at radius 1 is 1.07 bits per heavy atom. The molecule has 0 fully saturated rings. The van der Waals surface area contributed by atoms with Crippen LogP contribution < -0.4 is 4.90 Å². The number of fused-ring (bicyclic) bond motifs is 1. The summed E-state index contributed by atoms with van der Waals surface area (Å²) in [6.45, 7) is 5.58. The fourth-order valence-corrected chi connectivity index (χ4v) is 4.37. The Bertz CT molecular complexity index is 967. The van der Waals surface area contributed by atoms with Gasteiger partial charge in [-0.25, -0.2) is 4.98 Å². The summed E-state index contributed by atoms with van der Waals surface area (Å²) in [5, 5.41) is 0.763. The molecule has 0 saturated heterocycles. The zero-order valence-corrected chi connectivity index (χ0v) is 18.5. The van der Waals surface area contributed by atoms with Crippen molar-refractivity contribution in [2.24, 2.45) is 0 Å². The van der Waals surface area contributed by atoms with Crippen LogP contribution in [0, 0.1) is 13.8 Å². The highest BCUT2D eigenvalue weighted by atomic mass is 79.9. The first-order valence-corrected chi connectivity index (χ1v) is 10.5. The lowest BCUT2D eigenvalue weighted by Gasteiger charge is -2.22. The number of carbonyl (C=O) groups is 1. The van der Waals surface area contributed by atoms with Crippen LogP contribution in [-0.2, 0) is 11.2 Å². The van der Waals surface area contributed by atoms with Gasteiger partial charge in [0.15, 0.2) is 5.13 Å². The molecule has 1 heterocycles. The van der Waals surface area contributed by atoms with Crippen LogP contribution in [0.2, 0.25) is 0 Å². The Kier molecular flexibility index (Phi) is 6.29. The molecule has 0 aliphatic rings. The van der Waals surface area contributed by atoms with Crippen LogP contribution in [0.25, 0.3) is 10.2 Å². The van der Waals surface area contributed by atoms with E-state index < -0.39 is 0 Å². The summed E-state index contributed by atoms with van der Waals surface area (Å²) < 4.78 is 2.10. The topological polar surface area (TPSA) is 36.4 Å². The minimum absolute atomic E-state index is 0.0817. The molecule has 6 heteroatoms. The van der Waals surface area contributed by atoms with E-state index >= 15 is 0 Å². The van der Waals surface area contributed by atoms with E-state index in [0.717, 1.165) is 31.9 Å². The van der Waals surface area contributed by atoms with Crippen molar-refractivity contribution in [1.29, 1.82) is 0 Å². The molecule has 3 rings (SSSR count). The van der Waals surface area contributed by atoms with Crippen LogP contribution in [0.15, 0.2) is 40.9 Å². The van der Waals surface area contributed by atoms with Gasteiger partial charge in [0.1, 0.15) is 0 Å². The molecule has 27 heavy (non-hydrogen) atoms. The largest absolute Gasteiger partial charge is 0.308 e. The monoisotopic (exact) mass is 445 g/mol. The number of hydrogen-bond donors (Lipinski definition) is 0. The van der Waals surface area contributed by atoms with Gasteiger partial charge in [-0.05, 0) is 62.8 Å². The summed E-state index contributed by atoms with van der Waals surface area (Å²) >= 11 is 5.07. The number of anilines is 1. The number of hydrogen-bond acceptors (Lipinski definition) is 4. The highest BCUT2D eigenvalue weighted by Gasteiger charge is 2.20. The van der Waals surface area contributed by atoms with E-state index in [0.29, 0.717) is 13.0 Å². The summed E-state index contributed by atoms with van der Waals surface area (Å²) in [6.07, 6.45) is 0.383. The van der Waals surface area contributed by atoms with E-state index in [9.17, 15) is 4.79 Å². The van der Waals surface area contributed by atoms with E-state index in [-0.39, 0.29) is 5.91 Å². The van der Waals surface area contributed by atoms with E-state index in [1.165, 1.54) is 11.1 Å². The molecule has 0 saturated carbocycles. The number of likely N-dealkylation sites (N-methyl/N-ethyl adjacent to an activating group) is 1. The second kappa shape index (κ2) is 8.50. The van der Waals surface area contributed by atoms with Gasteiger partial charge >= 0.3 is 0 Å². The molecule has 0 aliphatic heterocycles. The quantitative estimate of drug-likeness (QED) is 0.545. The number of carbonyl (C=O) groups excluding carboxylic acids is 1. The van der Waals surface area contributed by atoms with Gasteiger partial charge < -0.3 is 4.90 Å². The summed E-state index contributed by atoms with van der Waals surface area (Å²) in [6, 6.07) is 12.2. The average Bonchev–Trinajstić information content (AvgIpc) is 3.00. The molecule has 2 aromatic carbocycles. The van der Waals surface area contributed by atoms with Crippen LogP contribution in [0.1, 0.15) is 16.7 Å². The van der Waals surface area contributed by atoms with Crippen molar-refractivity contribution in [2.75, 3.05) is 32.1 Å². The average molecular weight is 446 g/mol. The third-order valence-corrected chi connectivity index (χ3v) is 6.10. The molecule has 1 amide bonds. The minimum Gasteiger partial charge on any atom is -0.308 e. The van der Waals surface area contributed by atoms with E-state index in [1.54, 1.807) is 11.3 Å². The Morgan fingerprint density at radius 2 is 1.85 bits per heavy atom. The summed E-state index contributed by atoms with van der Waals surface area (Å²) in [5.41, 5.74) is 4.42. The number of amides is 1. The summed E-state index contributed by atoms with van der Waals surface area (Å²) in [7, 11) is 4.03. The molecule has 3 aromatic rings. The first kappa shape index (κ1) is 20.0. The van der Waals surface area contributed by atoms with Crippen LogP contribution in [0.4, 0.5) is 5.13 Å². The van der Waals surface area contributed by atoms with Crippen LogP contribution in [0.3, 0.4) is 0 Å². The van der Waals surface area contributed by atoms with Gasteiger partial charge in [0.05, 0.1) is 16.6 Å². The summed E-state index contributed by atoms with van der Waals surface area (Å²) in [4.78, 5) is 21.8. The van der Waals surface area contributed by atoms with Crippen molar-refractivity contribution in [2.45, 2.75) is 20.3 Å². The van der Waals surface area contributed by atoms with Crippen molar-refractivity contribution in [1.82, 2.24) is 9.88 Å². The standard InChI is InChI=1S/C21H24BrN3OS/c1-14-5-6-16(11-15(14)2)12-20(26)25(10-9-24(3)4)21-23-18-8-7-17(22)13-19(18)27-21/h5-8,11,13H,9-10,12H2,1-4H3. The van der Waals surface area contributed by atoms with Gasteiger partial charge in [0.25, 0.3) is 0 Å². The van der Waals surface area contributed by atoms with Crippen molar-refractivity contribution < 1.29 is 4.79 Å². The predicted octanol–water partition coefficient (Wildman–Crippen LogP) is 4.81. The van der Waals surface area contributed by atoms with E-state index in [4.69, 9.17) is 4.98 Å². The lowest BCUT2D eigenvalue weighted by molar-refractivity contribution is -0.118. The lowest BCUT2D eigenvalue weighted by atomic mass is 10.0. The third-order valence-electron chi connectivity index (χ3n) is 4.57. The Labute approximate surface area is 172 Å². The first-order chi connectivity index (χ1) is 12.8. The van der Waals surface area contributed by atoms with Crippen LogP contribution >= 0.6 is 27.3 Å². The van der Waals surface area contributed by atoms with Gasteiger partial charge in [0, 0.05) is 17.6 Å². The van der Waals surface area contributed by atoms with Gasteiger partial charge in [-0.2, -0.15) is 0 Å². The molecule has 0 bridgehead atoms. The number of halogens is 1. The van der Waals surface area contributed by atoms with Gasteiger partial charge in [-0.3, -0.25) is 9.69 Å². The number of thiazole rings is 1. The maximum Gasteiger partial charge on any atom is 0.233 e. The Morgan fingerprint density at radius 3 is 2.56 bits per heavy atom. The highest BCUT2D eigenvalue weighted by molar-refractivity contribution is 9.10. The number of rotatable bonds is 6. The van der Waals surface area contributed by atoms with Crippen LogP contribution in [-0.4, -0.2) is 43.0 Å². The van der Waals surface area contributed by atoms with Crippen molar-refractivity contribution in [3.63, 3.8) is 0 Å². The van der Waals surface area contributed by atoms with E-state index in [1.807, 2.05) is 37.2 Å². The zero-order valence-electron chi connectivity index (χ0n) is 16.1. The minimum atomic E-state index is 0.0817. The molecule has 142 valence electrons. The molecule has 0 aliphatic carbocycles. The van der Waals surface area contributed by atoms with Gasteiger partial charge in [-0.1, -0.05) is 45.5 Å². The lowest BCUT2D eigenvalue weighted by Crippen LogP contribution is -2.37. The maximum atomic E-state index is 13.1. The van der Waals surface area contributed by atoms with Crippen molar-refractivity contribution in [3.8, 4) is 0 Å². The van der Waals surface area contributed by atoms with E-state index in [2.05, 4.69) is 52.9 Å². The fraction of sp³-hybridized carbons (Fsp3) is 0.333. The molecule has 1 aromatic heterocycles. The summed E-state index contributed by atoms with van der Waals surface area (Å²) in [5.74, 6) is 0.0817. The SMILES string of the molecule is Cc1ccc(CC(=O)N(CCN(C)C)c2nc3ccc(Br)cc3s2)cc1C. The number of nitrogens with zero attached hydrogens (tertiary/aromatic N) is 3. The molecular formula is C21H24BrN3OS. The normalized spacial score (nSPS) is 11.3. The van der Waals surface area contributed by atoms with Crippen LogP contribution in [0.5, 0.6) is 0 Å². The number of aromatic nitrogens is 1. The number of aryl methyl sites for hydroxylation is 2. The van der Waals surface area contributed by atoms with Gasteiger partial charge in [-0.15, -0.1) is 0 Å². The molecule has 4 nitrogen and oxygen atoms in total. The second-order valence-electron chi connectivity index (χ2n) is 7.05. The Hall–Kier alpha value is -1.76. The second-order valence-corrected chi connectivity index (χ2v) is 8.98. The zero-order chi connectivity index (χ0) is 19.6. The molecule has 0 spiro atoms. The Balaban J connectivity index is 1.88. The molecule has 0 N–H and O–H groups in total. The molecule has 0 radical (unpaired) electrons. The molecule has 0 atom stereocenters. The highest BCUT2D eigenvalue weighted by Crippen LogP contribution is 2.31. The first-order valence-electron chi connectivity index (χ1n) is 8.91. The maximum absolute atomic E-state index is 13.1. The van der Waals surface area contributed by atoms with Crippen molar-refractivity contribution >= 4 is 48.5 Å². The fourth-order valence-electron chi connectivity index (χ4n) is 2.81. The van der Waals surface area contributed by atoms with Gasteiger partial charge in [0.2, 0.25) is 5.91 Å². The molecular weight excluding hydrogens is 422 g/mol. The van der Waals surface area contributed by atoms with Crippen molar-refractivity contribution in [3.05, 3.63) is 57.6 Å². The predicted molar refractivity (Wildman–Crippen MR) is 118 cm³/mol.